The maximum absolute atomic E-state index is 13.2. The Labute approximate surface area is 167 Å². The summed E-state index contributed by atoms with van der Waals surface area (Å²) in [4.78, 5) is 39.0. The number of aryl methyl sites for hydroxylation is 1. The van der Waals surface area contributed by atoms with Crippen LogP contribution in [-0.2, 0) is 13.1 Å². The lowest BCUT2D eigenvalue weighted by Gasteiger charge is -2.22. The van der Waals surface area contributed by atoms with Gasteiger partial charge in [-0.2, -0.15) is 0 Å². The number of pyridine rings is 1. The first-order valence-corrected chi connectivity index (χ1v) is 9.35. The van der Waals surface area contributed by atoms with Crippen molar-refractivity contribution in [3.05, 3.63) is 106 Å². The Bertz CT molecular complexity index is 1220. The van der Waals surface area contributed by atoms with Crippen molar-refractivity contribution in [3.63, 3.8) is 0 Å². The van der Waals surface area contributed by atoms with Gasteiger partial charge in [-0.15, -0.1) is 0 Å². The molecule has 1 N–H and O–H groups in total. The van der Waals surface area contributed by atoms with Crippen LogP contribution in [0.25, 0.3) is 10.9 Å². The molecule has 4 aromatic rings. The number of para-hydroxylation sites is 1. The summed E-state index contributed by atoms with van der Waals surface area (Å²) in [6.07, 6.45) is 0. The van der Waals surface area contributed by atoms with E-state index >= 15 is 0 Å². The van der Waals surface area contributed by atoms with Gasteiger partial charge in [0.05, 0.1) is 17.4 Å². The quantitative estimate of drug-likeness (QED) is 0.571. The lowest BCUT2D eigenvalue weighted by molar-refractivity contribution is 0.0719. The summed E-state index contributed by atoms with van der Waals surface area (Å²) in [5, 5.41) is 0.525. The lowest BCUT2D eigenvalue weighted by atomic mass is 10.2. The van der Waals surface area contributed by atoms with Gasteiger partial charge in [0, 0.05) is 12.2 Å². The summed E-state index contributed by atoms with van der Waals surface area (Å²) in [5.41, 5.74) is 2.51. The van der Waals surface area contributed by atoms with Crippen molar-refractivity contribution in [2.45, 2.75) is 20.0 Å². The summed E-state index contributed by atoms with van der Waals surface area (Å²) in [6, 6.07) is 22.2. The van der Waals surface area contributed by atoms with Crippen LogP contribution in [-0.4, -0.2) is 25.8 Å². The number of carbonyl (C=O) groups is 1. The molecule has 0 fully saturated rings. The van der Waals surface area contributed by atoms with E-state index in [1.165, 1.54) is 0 Å². The zero-order valence-corrected chi connectivity index (χ0v) is 16.0. The van der Waals surface area contributed by atoms with Crippen molar-refractivity contribution in [2.75, 3.05) is 0 Å². The molecule has 0 radical (unpaired) electrons. The molecule has 0 spiro atoms. The number of H-pyrrole nitrogens is 1. The van der Waals surface area contributed by atoms with Gasteiger partial charge in [0.2, 0.25) is 0 Å². The Morgan fingerprint density at radius 3 is 2.45 bits per heavy atom. The first kappa shape index (κ1) is 18.6. The largest absolute Gasteiger partial charge is 0.326 e. The molecule has 1 amide bonds. The molecule has 0 aliphatic rings. The molecule has 0 atom stereocenters. The van der Waals surface area contributed by atoms with Gasteiger partial charge in [0.25, 0.3) is 11.5 Å². The highest BCUT2D eigenvalue weighted by molar-refractivity contribution is 5.92. The topological polar surface area (TPSA) is 79.0 Å². The van der Waals surface area contributed by atoms with Gasteiger partial charge in [-0.3, -0.25) is 9.59 Å². The fourth-order valence-corrected chi connectivity index (χ4v) is 3.22. The van der Waals surface area contributed by atoms with Crippen molar-refractivity contribution >= 4 is 16.8 Å². The number of rotatable bonds is 5. The second-order valence-corrected chi connectivity index (χ2v) is 6.84. The molecule has 4 rings (SSSR count). The van der Waals surface area contributed by atoms with Crippen LogP contribution in [0.2, 0.25) is 0 Å². The van der Waals surface area contributed by atoms with Crippen LogP contribution >= 0.6 is 0 Å². The fraction of sp³-hybridized carbons (Fsp3) is 0.130. The fourth-order valence-electron chi connectivity index (χ4n) is 3.22. The highest BCUT2D eigenvalue weighted by Gasteiger charge is 2.19. The molecular formula is C23H20N4O2. The molecule has 2 aromatic carbocycles. The molecule has 0 aliphatic carbocycles. The van der Waals surface area contributed by atoms with Crippen LogP contribution < -0.4 is 5.56 Å². The van der Waals surface area contributed by atoms with Crippen LogP contribution in [0.4, 0.5) is 0 Å². The average molecular weight is 384 g/mol. The highest BCUT2D eigenvalue weighted by atomic mass is 16.2. The number of aromatic amines is 1. The number of benzene rings is 2. The number of nitrogens with zero attached hydrogens (tertiary/aromatic N) is 3. The zero-order chi connectivity index (χ0) is 20.2. The van der Waals surface area contributed by atoms with Crippen molar-refractivity contribution in [3.8, 4) is 0 Å². The van der Waals surface area contributed by atoms with E-state index in [1.54, 1.807) is 29.2 Å². The van der Waals surface area contributed by atoms with Crippen LogP contribution in [0.5, 0.6) is 0 Å². The van der Waals surface area contributed by atoms with Gasteiger partial charge < -0.3 is 9.88 Å². The summed E-state index contributed by atoms with van der Waals surface area (Å²) >= 11 is 0. The van der Waals surface area contributed by atoms with Crippen LogP contribution in [0.3, 0.4) is 0 Å². The van der Waals surface area contributed by atoms with E-state index in [4.69, 9.17) is 0 Å². The third-order valence-electron chi connectivity index (χ3n) is 4.61. The van der Waals surface area contributed by atoms with Gasteiger partial charge in [-0.05, 0) is 36.8 Å². The molecule has 29 heavy (non-hydrogen) atoms. The van der Waals surface area contributed by atoms with Gasteiger partial charge in [-0.1, -0.05) is 48.5 Å². The lowest BCUT2D eigenvalue weighted by Crippen LogP contribution is -2.32. The van der Waals surface area contributed by atoms with Crippen molar-refractivity contribution < 1.29 is 4.79 Å². The van der Waals surface area contributed by atoms with E-state index < -0.39 is 0 Å². The first-order chi connectivity index (χ1) is 14.1. The minimum absolute atomic E-state index is 0.170. The predicted octanol–water partition coefficient (Wildman–Crippen LogP) is 3.47. The molecule has 0 aliphatic heterocycles. The van der Waals surface area contributed by atoms with Crippen molar-refractivity contribution in [1.29, 1.82) is 0 Å². The number of amides is 1. The van der Waals surface area contributed by atoms with Gasteiger partial charge in [0.1, 0.15) is 11.5 Å². The van der Waals surface area contributed by atoms with E-state index in [-0.39, 0.29) is 18.0 Å². The zero-order valence-electron chi connectivity index (χ0n) is 16.0. The molecular weight excluding hydrogens is 364 g/mol. The minimum atomic E-state index is -0.216. The Morgan fingerprint density at radius 2 is 1.66 bits per heavy atom. The second-order valence-electron chi connectivity index (χ2n) is 6.84. The first-order valence-electron chi connectivity index (χ1n) is 9.35. The van der Waals surface area contributed by atoms with Crippen LogP contribution in [0, 0.1) is 6.92 Å². The van der Waals surface area contributed by atoms with Crippen LogP contribution in [0.15, 0.2) is 77.6 Å². The molecule has 2 aromatic heterocycles. The maximum atomic E-state index is 13.2. The molecule has 2 heterocycles. The number of carbonyl (C=O) groups excluding carboxylic acids is 1. The Morgan fingerprint density at radius 1 is 0.897 bits per heavy atom. The summed E-state index contributed by atoms with van der Waals surface area (Å²) < 4.78 is 0. The maximum Gasteiger partial charge on any atom is 0.273 e. The molecule has 144 valence electrons. The third-order valence-corrected chi connectivity index (χ3v) is 4.61. The second kappa shape index (κ2) is 8.06. The predicted molar refractivity (Wildman–Crippen MR) is 111 cm³/mol. The SMILES string of the molecule is Cc1cccc(C(=O)N(Cc2ccccc2)Cc2nc3ccccc3c(=O)[nH]2)n1. The average Bonchev–Trinajstić information content (AvgIpc) is 2.73. The number of hydrogen-bond acceptors (Lipinski definition) is 4. The molecule has 6 nitrogen and oxygen atoms in total. The van der Waals surface area contributed by atoms with Crippen molar-refractivity contribution in [2.24, 2.45) is 0 Å². The summed E-state index contributed by atoms with van der Waals surface area (Å²) in [6.45, 7) is 2.40. The number of nitrogens with one attached hydrogen (secondary N) is 1. The van der Waals surface area contributed by atoms with Crippen LogP contribution in [0.1, 0.15) is 27.6 Å². The molecule has 0 saturated heterocycles. The third kappa shape index (κ3) is 4.21. The van der Waals surface area contributed by atoms with Gasteiger partial charge >= 0.3 is 0 Å². The van der Waals surface area contributed by atoms with E-state index in [0.717, 1.165) is 11.3 Å². The monoisotopic (exact) mass is 384 g/mol. The number of aromatic nitrogens is 3. The van der Waals surface area contributed by atoms with E-state index in [1.807, 2.05) is 55.5 Å². The number of hydrogen-bond donors (Lipinski definition) is 1. The van der Waals surface area contributed by atoms with E-state index in [0.29, 0.717) is 29.0 Å². The smallest absolute Gasteiger partial charge is 0.273 e. The Kier molecular flexibility index (Phi) is 5.16. The van der Waals surface area contributed by atoms with E-state index in [2.05, 4.69) is 15.0 Å². The van der Waals surface area contributed by atoms with E-state index in [9.17, 15) is 9.59 Å². The van der Waals surface area contributed by atoms with Crippen molar-refractivity contribution in [1.82, 2.24) is 19.9 Å². The normalized spacial score (nSPS) is 10.8. The van der Waals surface area contributed by atoms with Gasteiger partial charge in [0.15, 0.2) is 0 Å². The summed E-state index contributed by atoms with van der Waals surface area (Å²) in [5.74, 6) is 0.221. The Balaban J connectivity index is 1.70. The molecule has 6 heteroatoms. The minimum Gasteiger partial charge on any atom is -0.326 e. The molecule has 0 saturated carbocycles. The summed E-state index contributed by atoms with van der Waals surface area (Å²) in [7, 11) is 0. The number of fused-ring (bicyclic) bond motifs is 1. The highest BCUT2D eigenvalue weighted by Crippen LogP contribution is 2.13. The van der Waals surface area contributed by atoms with Gasteiger partial charge in [-0.25, -0.2) is 9.97 Å². The Hall–Kier alpha value is -3.80. The standard InChI is InChI=1S/C23H20N4O2/c1-16-8-7-13-20(24-16)23(29)27(14-17-9-3-2-4-10-17)15-21-25-19-12-6-5-11-18(19)22(28)26-21/h2-13H,14-15H2,1H3,(H,25,26,28). The molecule has 0 unspecified atom stereocenters. The molecule has 0 bridgehead atoms.